The second kappa shape index (κ2) is 14.7. The molecule has 0 unspecified atom stereocenters. The van der Waals surface area contributed by atoms with Crippen molar-refractivity contribution in [1.82, 2.24) is 14.5 Å². The number of nitrogens with zero attached hydrogens (tertiary/aromatic N) is 2. The summed E-state index contributed by atoms with van der Waals surface area (Å²) in [5.41, 5.74) is 6.53. The Morgan fingerprint density at radius 2 is 1.29 bits per heavy atom. The third-order valence-corrected chi connectivity index (χ3v) is 10.1. The number of amides is 1. The Balaban J connectivity index is 1.24. The van der Waals surface area contributed by atoms with Crippen LogP contribution in [0.4, 0.5) is 0 Å². The van der Waals surface area contributed by atoms with E-state index >= 15 is 0 Å². The van der Waals surface area contributed by atoms with Crippen LogP contribution in [-0.2, 0) is 19.5 Å². The Labute approximate surface area is 316 Å². The number of nitrogens with one attached hydrogen (secondary N) is 1. The molecule has 0 aliphatic rings. The zero-order valence-electron chi connectivity index (χ0n) is 30.1. The summed E-state index contributed by atoms with van der Waals surface area (Å²) in [6.07, 6.45) is 0.402. The van der Waals surface area contributed by atoms with Gasteiger partial charge in [-0.2, -0.15) is 0 Å². The molecule has 6 aromatic carbocycles. The smallest absolute Gasteiger partial charge is 0.263 e. The molecule has 0 saturated heterocycles. The maximum absolute atomic E-state index is 14.8. The minimum absolute atomic E-state index is 0.0707. The lowest BCUT2D eigenvalue weighted by molar-refractivity contribution is 0.0948. The first-order valence-electron chi connectivity index (χ1n) is 18.1. The monoisotopic (exact) mass is 723 g/mol. The van der Waals surface area contributed by atoms with E-state index in [0.717, 1.165) is 50.0 Å². The van der Waals surface area contributed by atoms with Gasteiger partial charge in [-0.3, -0.25) is 19.0 Å². The second-order valence-electron chi connectivity index (χ2n) is 13.5. The quantitative estimate of drug-likeness (QED) is 0.138. The molecule has 1 amide bonds. The summed E-state index contributed by atoms with van der Waals surface area (Å²) in [5.74, 6) is -0.745. The molecule has 55 heavy (non-hydrogen) atoms. The molecule has 0 aliphatic heterocycles. The van der Waals surface area contributed by atoms with E-state index in [1.165, 1.54) is 12.1 Å². The number of para-hydroxylation sites is 2. The van der Waals surface area contributed by atoms with E-state index in [1.807, 2.05) is 104 Å². The van der Waals surface area contributed by atoms with Crippen molar-refractivity contribution in [1.29, 1.82) is 0 Å². The van der Waals surface area contributed by atoms with Gasteiger partial charge in [0.1, 0.15) is 11.5 Å². The van der Waals surface area contributed by atoms with Crippen LogP contribution in [0.15, 0.2) is 161 Å². The van der Waals surface area contributed by atoms with Gasteiger partial charge in [-0.25, -0.2) is 0 Å². The number of benzene rings is 6. The van der Waals surface area contributed by atoms with Crippen molar-refractivity contribution < 1.29 is 15.0 Å². The summed E-state index contributed by atoms with van der Waals surface area (Å²) >= 11 is 0. The number of hydrogen-bond donors (Lipinski definition) is 3. The van der Waals surface area contributed by atoms with Gasteiger partial charge in [0.25, 0.3) is 17.0 Å². The summed E-state index contributed by atoms with van der Waals surface area (Å²) in [4.78, 5) is 41.5. The average molecular weight is 724 g/mol. The van der Waals surface area contributed by atoms with Crippen molar-refractivity contribution in [2.24, 2.45) is 0 Å². The highest BCUT2D eigenvalue weighted by atomic mass is 16.3. The molecule has 0 spiro atoms. The van der Waals surface area contributed by atoms with Crippen LogP contribution in [0.25, 0.3) is 49.7 Å². The number of carbonyl (C=O) groups is 1. The average Bonchev–Trinajstić information content (AvgIpc) is 3.21. The van der Waals surface area contributed by atoms with Crippen molar-refractivity contribution in [3.63, 3.8) is 0 Å². The van der Waals surface area contributed by atoms with E-state index in [4.69, 9.17) is 0 Å². The van der Waals surface area contributed by atoms with Crippen LogP contribution in [0, 0.1) is 6.92 Å². The Morgan fingerprint density at radius 1 is 0.655 bits per heavy atom. The van der Waals surface area contributed by atoms with E-state index in [1.54, 1.807) is 39.5 Å². The van der Waals surface area contributed by atoms with Gasteiger partial charge < -0.3 is 20.1 Å². The van der Waals surface area contributed by atoms with Gasteiger partial charge in [0, 0.05) is 46.7 Å². The molecule has 8 nitrogen and oxygen atoms in total. The number of aryl methyl sites for hydroxylation is 3. The SMILES string of the molecule is Cc1cc(=O)n(CCc2ccc3c(-c4ccccc4)c(-c4ccccc4)n(-c4ccccc4)c(=O)c3c2)c2c(CNC(=O)c3ccccc3O)c(O)ccc12. The van der Waals surface area contributed by atoms with E-state index in [9.17, 15) is 24.6 Å². The van der Waals surface area contributed by atoms with Gasteiger partial charge >= 0.3 is 0 Å². The lowest BCUT2D eigenvalue weighted by Crippen LogP contribution is -2.26. The van der Waals surface area contributed by atoms with Gasteiger partial charge in [0.15, 0.2) is 0 Å². The molecule has 270 valence electrons. The van der Waals surface area contributed by atoms with Gasteiger partial charge in [-0.15, -0.1) is 0 Å². The predicted octanol–water partition coefficient (Wildman–Crippen LogP) is 8.53. The summed E-state index contributed by atoms with van der Waals surface area (Å²) in [6, 6.07) is 46.7. The molecular formula is C47H37N3O5. The lowest BCUT2D eigenvalue weighted by Gasteiger charge is -2.21. The van der Waals surface area contributed by atoms with Crippen molar-refractivity contribution in [3.8, 4) is 39.6 Å². The van der Waals surface area contributed by atoms with Gasteiger partial charge in [-0.1, -0.05) is 103 Å². The number of aromatic hydroxyl groups is 2. The highest BCUT2D eigenvalue weighted by Gasteiger charge is 2.22. The standard InChI is InChI=1S/C47H37N3O5/c1-30-27-42(53)49(45-35(30)23-24-41(52)39(45)29-48-46(54)37-19-11-12-20-40(37)51)26-25-31-21-22-36-38(28-31)47(55)50(34-17-9-4-10-18-34)44(33-15-7-3-8-16-33)43(36)32-13-5-2-6-14-32/h2-24,27-28,51-52H,25-26,29H2,1H3,(H,48,54). The Morgan fingerprint density at radius 3 is 2.00 bits per heavy atom. The van der Waals surface area contributed by atoms with Crippen molar-refractivity contribution in [2.75, 3.05) is 0 Å². The highest BCUT2D eigenvalue weighted by Crippen LogP contribution is 2.38. The fourth-order valence-corrected chi connectivity index (χ4v) is 7.46. The number of aromatic nitrogens is 2. The van der Waals surface area contributed by atoms with Crippen LogP contribution in [0.3, 0.4) is 0 Å². The van der Waals surface area contributed by atoms with Crippen LogP contribution in [0.2, 0.25) is 0 Å². The molecule has 0 aliphatic carbocycles. The van der Waals surface area contributed by atoms with Gasteiger partial charge in [0.05, 0.1) is 16.8 Å². The Kier molecular flexibility index (Phi) is 9.31. The number of rotatable bonds is 9. The largest absolute Gasteiger partial charge is 0.508 e. The minimum Gasteiger partial charge on any atom is -0.508 e. The van der Waals surface area contributed by atoms with Gasteiger partial charge in [0.2, 0.25) is 0 Å². The van der Waals surface area contributed by atoms with E-state index in [2.05, 4.69) is 17.4 Å². The summed E-state index contributed by atoms with van der Waals surface area (Å²) in [7, 11) is 0. The number of pyridine rings is 2. The fourth-order valence-electron chi connectivity index (χ4n) is 7.46. The zero-order valence-corrected chi connectivity index (χ0v) is 30.1. The van der Waals surface area contributed by atoms with Crippen molar-refractivity contribution in [3.05, 3.63) is 195 Å². The highest BCUT2D eigenvalue weighted by molar-refractivity contribution is 6.03. The van der Waals surface area contributed by atoms with Crippen LogP contribution in [-0.4, -0.2) is 25.3 Å². The Hall–Kier alpha value is -7.19. The lowest BCUT2D eigenvalue weighted by atomic mass is 9.92. The summed E-state index contributed by atoms with van der Waals surface area (Å²) in [5, 5.41) is 26.2. The minimum atomic E-state index is -0.515. The molecule has 0 saturated carbocycles. The number of hydrogen-bond acceptors (Lipinski definition) is 5. The maximum atomic E-state index is 14.8. The van der Waals surface area contributed by atoms with Crippen LogP contribution in [0.5, 0.6) is 11.5 Å². The summed E-state index contributed by atoms with van der Waals surface area (Å²) < 4.78 is 3.41. The van der Waals surface area contributed by atoms with E-state index in [0.29, 0.717) is 22.9 Å². The number of phenolic OH excluding ortho intramolecular Hbond substituents is 2. The molecule has 0 bridgehead atoms. The third-order valence-electron chi connectivity index (χ3n) is 10.1. The predicted molar refractivity (Wildman–Crippen MR) is 218 cm³/mol. The van der Waals surface area contributed by atoms with E-state index < -0.39 is 5.91 Å². The molecular weight excluding hydrogens is 687 g/mol. The van der Waals surface area contributed by atoms with Gasteiger partial charge in [-0.05, 0) is 83.4 Å². The molecule has 2 heterocycles. The summed E-state index contributed by atoms with van der Waals surface area (Å²) in [6.45, 7) is 2.00. The maximum Gasteiger partial charge on any atom is 0.263 e. The molecule has 3 N–H and O–H groups in total. The van der Waals surface area contributed by atoms with Crippen LogP contribution in [0.1, 0.15) is 27.0 Å². The molecule has 0 fully saturated rings. The topological polar surface area (TPSA) is 114 Å². The molecule has 0 atom stereocenters. The van der Waals surface area contributed by atoms with Crippen molar-refractivity contribution in [2.45, 2.75) is 26.4 Å². The van der Waals surface area contributed by atoms with Crippen LogP contribution < -0.4 is 16.4 Å². The first-order valence-corrected chi connectivity index (χ1v) is 18.1. The number of phenols is 2. The van der Waals surface area contributed by atoms with E-state index in [-0.39, 0.29) is 41.3 Å². The third kappa shape index (κ3) is 6.55. The molecule has 2 aromatic heterocycles. The molecule has 8 aromatic rings. The fraction of sp³-hybridized carbons (Fsp3) is 0.0851. The normalized spacial score (nSPS) is 11.2. The molecule has 0 radical (unpaired) electrons. The molecule has 8 rings (SSSR count). The van der Waals surface area contributed by atoms with Crippen molar-refractivity contribution >= 4 is 27.6 Å². The Bertz CT molecular complexity index is 2850. The number of fused-ring (bicyclic) bond motifs is 2. The first-order chi connectivity index (χ1) is 26.8. The molecule has 8 heteroatoms. The second-order valence-corrected chi connectivity index (χ2v) is 13.5. The van der Waals surface area contributed by atoms with Crippen LogP contribution >= 0.6 is 0 Å². The zero-order chi connectivity index (χ0) is 38.1. The number of carbonyl (C=O) groups excluding carboxylic acids is 1. The first kappa shape index (κ1) is 34.9.